The molecule has 32 heavy (non-hydrogen) atoms. The Morgan fingerprint density at radius 2 is 2.00 bits per heavy atom. The number of carbonyl (C=O) groups is 1. The fourth-order valence-corrected chi connectivity index (χ4v) is 5.02. The highest BCUT2D eigenvalue weighted by atomic mass is 16.8. The number of carboxylic acid groups (broad SMARTS) is 1. The lowest BCUT2D eigenvalue weighted by atomic mass is 10.1. The molecule has 3 aliphatic rings. The van der Waals surface area contributed by atoms with Crippen LogP contribution >= 0.6 is 0 Å². The summed E-state index contributed by atoms with van der Waals surface area (Å²) in [4.78, 5) is 25.1. The molecule has 0 saturated carbocycles. The van der Waals surface area contributed by atoms with Crippen molar-refractivity contribution in [2.45, 2.75) is 63.1 Å². The van der Waals surface area contributed by atoms with Crippen LogP contribution in [0.4, 0.5) is 5.82 Å². The fraction of sp³-hybridized carbons (Fsp3) is 0.455. The topological polar surface area (TPSA) is 121 Å². The lowest BCUT2D eigenvalue weighted by molar-refractivity contribution is -0.202. The number of carboxylic acids is 1. The number of aromatic nitrogens is 4. The third-order valence-corrected chi connectivity index (χ3v) is 6.35. The molecule has 10 heteroatoms. The van der Waals surface area contributed by atoms with Crippen LogP contribution in [0, 0.1) is 0 Å². The van der Waals surface area contributed by atoms with Gasteiger partial charge in [0, 0.05) is 0 Å². The zero-order valence-electron chi connectivity index (χ0n) is 17.6. The minimum Gasteiger partial charge on any atom is -0.479 e. The van der Waals surface area contributed by atoms with E-state index in [-0.39, 0.29) is 6.04 Å². The Kier molecular flexibility index (Phi) is 4.26. The van der Waals surface area contributed by atoms with Crippen LogP contribution in [0.5, 0.6) is 0 Å². The lowest BCUT2D eigenvalue weighted by Gasteiger charge is -2.23. The van der Waals surface area contributed by atoms with Crippen LogP contribution in [0.2, 0.25) is 0 Å². The first kappa shape index (κ1) is 19.6. The van der Waals surface area contributed by atoms with E-state index < -0.39 is 36.3 Å². The Balaban J connectivity index is 1.34. The number of anilines is 1. The highest BCUT2D eigenvalue weighted by Crippen LogP contribution is 2.44. The summed E-state index contributed by atoms with van der Waals surface area (Å²) >= 11 is 0. The van der Waals surface area contributed by atoms with Gasteiger partial charge < -0.3 is 24.6 Å². The van der Waals surface area contributed by atoms with E-state index >= 15 is 0 Å². The fourth-order valence-electron chi connectivity index (χ4n) is 5.02. The number of nitrogens with one attached hydrogen (secondary N) is 1. The standard InChI is InChI=1S/C22H23N5O5/c1-22(2)31-15-16(32-22)20(30-17(15)21(28)29)27-10-25-14-18(23-9-24-19(14)27)26-13-8-7-11-5-3-4-6-12(11)13/h3-6,9-10,13,15-17,20H,7-8H2,1-2H3,(H,28,29)(H,23,24,26)/t13-,15+,16+,17+,20+/m0/s1. The van der Waals surface area contributed by atoms with E-state index in [4.69, 9.17) is 14.2 Å². The van der Waals surface area contributed by atoms with E-state index in [9.17, 15) is 9.90 Å². The van der Waals surface area contributed by atoms with E-state index in [1.807, 2.05) is 6.07 Å². The van der Waals surface area contributed by atoms with Crippen LogP contribution < -0.4 is 5.32 Å². The number of imidazole rings is 1. The van der Waals surface area contributed by atoms with Gasteiger partial charge in [0.1, 0.15) is 18.5 Å². The van der Waals surface area contributed by atoms with Gasteiger partial charge in [0.05, 0.1) is 12.4 Å². The summed E-state index contributed by atoms with van der Waals surface area (Å²) in [5.74, 6) is -1.37. The van der Waals surface area contributed by atoms with Crippen molar-refractivity contribution >= 4 is 23.0 Å². The largest absolute Gasteiger partial charge is 0.479 e. The van der Waals surface area contributed by atoms with Crippen LogP contribution in [0.1, 0.15) is 43.7 Å². The Bertz CT molecular complexity index is 1210. The number of ether oxygens (including phenoxy) is 3. The number of benzene rings is 1. The average molecular weight is 437 g/mol. The van der Waals surface area contributed by atoms with Crippen molar-refractivity contribution in [2.24, 2.45) is 0 Å². The maximum absolute atomic E-state index is 11.8. The van der Waals surface area contributed by atoms with Gasteiger partial charge in [-0.3, -0.25) is 4.57 Å². The Labute approximate surface area is 183 Å². The summed E-state index contributed by atoms with van der Waals surface area (Å²) in [6, 6.07) is 8.53. The first-order valence-electron chi connectivity index (χ1n) is 10.7. The number of nitrogens with zero attached hydrogens (tertiary/aromatic N) is 4. The quantitative estimate of drug-likeness (QED) is 0.634. The van der Waals surface area contributed by atoms with Crippen LogP contribution in [-0.4, -0.2) is 54.7 Å². The molecule has 0 amide bonds. The van der Waals surface area contributed by atoms with Crippen LogP contribution in [-0.2, 0) is 25.4 Å². The molecule has 6 rings (SSSR count). The van der Waals surface area contributed by atoms with Gasteiger partial charge >= 0.3 is 5.97 Å². The second kappa shape index (κ2) is 6.96. The average Bonchev–Trinajstić information content (AvgIpc) is 3.50. The maximum Gasteiger partial charge on any atom is 0.335 e. The molecule has 2 N–H and O–H groups in total. The Hall–Kier alpha value is -3.08. The van der Waals surface area contributed by atoms with Gasteiger partial charge in [0.25, 0.3) is 0 Å². The van der Waals surface area contributed by atoms with Crippen molar-refractivity contribution in [3.05, 3.63) is 48.0 Å². The third kappa shape index (κ3) is 2.98. The highest BCUT2D eigenvalue weighted by Gasteiger charge is 2.58. The van der Waals surface area contributed by atoms with E-state index in [1.54, 1.807) is 24.7 Å². The summed E-state index contributed by atoms with van der Waals surface area (Å²) in [5.41, 5.74) is 3.74. The second-order valence-corrected chi connectivity index (χ2v) is 8.83. The molecule has 166 valence electrons. The first-order valence-corrected chi connectivity index (χ1v) is 10.7. The molecule has 2 fully saturated rings. The van der Waals surface area contributed by atoms with Gasteiger partial charge in [0.15, 0.2) is 35.1 Å². The molecular formula is C22H23N5O5. The number of hydrogen-bond acceptors (Lipinski definition) is 8. The molecule has 2 aliphatic heterocycles. The molecule has 4 heterocycles. The van der Waals surface area contributed by atoms with E-state index in [0.717, 1.165) is 12.8 Å². The minimum atomic E-state index is -1.14. The number of hydrogen-bond donors (Lipinski definition) is 2. The van der Waals surface area contributed by atoms with Crippen molar-refractivity contribution < 1.29 is 24.1 Å². The van der Waals surface area contributed by atoms with Gasteiger partial charge in [-0.2, -0.15) is 0 Å². The zero-order valence-corrected chi connectivity index (χ0v) is 17.6. The van der Waals surface area contributed by atoms with Gasteiger partial charge in [0.2, 0.25) is 0 Å². The van der Waals surface area contributed by atoms with E-state index in [0.29, 0.717) is 17.0 Å². The highest BCUT2D eigenvalue weighted by molar-refractivity contribution is 5.83. The van der Waals surface area contributed by atoms with E-state index in [2.05, 4.69) is 38.5 Å². The molecule has 5 atom stereocenters. The van der Waals surface area contributed by atoms with Gasteiger partial charge in [-0.05, 0) is 37.8 Å². The number of aryl methyl sites for hydroxylation is 1. The third-order valence-electron chi connectivity index (χ3n) is 6.35. The SMILES string of the molecule is CC1(C)O[C@@H]2[C@@H](O1)[C@H](C(=O)O)O[C@H]2n1cnc2c(N[C@H]3CCc4ccccc43)ncnc21. The Morgan fingerprint density at radius 1 is 1.19 bits per heavy atom. The molecule has 3 aromatic rings. The maximum atomic E-state index is 11.8. The van der Waals surface area contributed by atoms with Crippen molar-refractivity contribution in [1.29, 1.82) is 0 Å². The van der Waals surface area contributed by atoms with Crippen molar-refractivity contribution in [1.82, 2.24) is 19.5 Å². The molecule has 0 radical (unpaired) electrons. The van der Waals surface area contributed by atoms with Crippen molar-refractivity contribution in [3.8, 4) is 0 Å². The molecule has 1 aromatic carbocycles. The van der Waals surface area contributed by atoms with Crippen molar-refractivity contribution in [2.75, 3.05) is 5.32 Å². The Morgan fingerprint density at radius 3 is 2.84 bits per heavy atom. The van der Waals surface area contributed by atoms with Crippen LogP contribution in [0.15, 0.2) is 36.9 Å². The molecule has 1 aliphatic carbocycles. The lowest BCUT2D eigenvalue weighted by Crippen LogP contribution is -2.35. The number of aliphatic carboxylic acids is 1. The molecule has 0 unspecified atom stereocenters. The van der Waals surface area contributed by atoms with Gasteiger partial charge in [-0.25, -0.2) is 19.7 Å². The molecule has 10 nitrogen and oxygen atoms in total. The predicted molar refractivity (Wildman–Crippen MR) is 112 cm³/mol. The second-order valence-electron chi connectivity index (χ2n) is 8.83. The van der Waals surface area contributed by atoms with Gasteiger partial charge in [-0.15, -0.1) is 0 Å². The van der Waals surface area contributed by atoms with Gasteiger partial charge in [-0.1, -0.05) is 24.3 Å². The smallest absolute Gasteiger partial charge is 0.335 e. The molecule has 2 saturated heterocycles. The predicted octanol–water partition coefficient (Wildman–Crippen LogP) is 2.43. The summed E-state index contributed by atoms with van der Waals surface area (Å²) in [5, 5.41) is 13.1. The summed E-state index contributed by atoms with van der Waals surface area (Å²) in [6.07, 6.45) is 1.85. The van der Waals surface area contributed by atoms with Crippen LogP contribution in [0.25, 0.3) is 11.2 Å². The molecule has 0 bridgehead atoms. The summed E-state index contributed by atoms with van der Waals surface area (Å²) in [7, 11) is 0. The first-order chi connectivity index (χ1) is 15.4. The van der Waals surface area contributed by atoms with Crippen molar-refractivity contribution in [3.63, 3.8) is 0 Å². The van der Waals surface area contributed by atoms with E-state index in [1.165, 1.54) is 17.5 Å². The molecule has 2 aromatic heterocycles. The summed E-state index contributed by atoms with van der Waals surface area (Å²) < 4.78 is 19.4. The molecule has 0 spiro atoms. The zero-order chi connectivity index (χ0) is 22.0. The molecular weight excluding hydrogens is 414 g/mol. The number of fused-ring (bicyclic) bond motifs is 3. The van der Waals surface area contributed by atoms with Crippen LogP contribution in [0.3, 0.4) is 0 Å². The minimum absolute atomic E-state index is 0.144. The normalized spacial score (nSPS) is 30.4. The summed E-state index contributed by atoms with van der Waals surface area (Å²) in [6.45, 7) is 3.52. The monoisotopic (exact) mass is 437 g/mol. The number of rotatable bonds is 4.